The predicted molar refractivity (Wildman–Crippen MR) is 118 cm³/mol. The molecule has 1 aromatic heterocycles. The average Bonchev–Trinajstić information content (AvgIpc) is 3.20. The second-order valence-corrected chi connectivity index (χ2v) is 7.53. The van der Waals surface area contributed by atoms with Gasteiger partial charge in [-0.3, -0.25) is 4.79 Å². The minimum atomic E-state index is -0.0497. The molecule has 0 atom stereocenters. The zero-order valence-corrected chi connectivity index (χ0v) is 17.2. The first-order valence-corrected chi connectivity index (χ1v) is 10.6. The number of allylic oxidation sites excluding steroid dienone is 1. The highest BCUT2D eigenvalue weighted by molar-refractivity contribution is 7.16. The van der Waals surface area contributed by atoms with Crippen LogP contribution in [0.5, 0.6) is 5.75 Å². The number of carbonyl (C=O) groups excluding carboxylic acids is 1. The van der Waals surface area contributed by atoms with Crippen molar-refractivity contribution < 1.29 is 9.53 Å². The Labute approximate surface area is 170 Å². The van der Waals surface area contributed by atoms with Gasteiger partial charge in [0, 0.05) is 24.4 Å². The summed E-state index contributed by atoms with van der Waals surface area (Å²) in [7, 11) is 1.79. The smallest absolute Gasteiger partial charge is 0.258 e. The van der Waals surface area contributed by atoms with Crippen LogP contribution in [0.2, 0.25) is 0 Å². The molecule has 0 spiro atoms. The minimum Gasteiger partial charge on any atom is -0.493 e. The first-order valence-electron chi connectivity index (χ1n) is 9.68. The molecule has 0 aliphatic heterocycles. The third-order valence-corrected chi connectivity index (χ3v) is 5.32. The summed E-state index contributed by atoms with van der Waals surface area (Å²) in [5, 5.41) is 0. The van der Waals surface area contributed by atoms with Crippen molar-refractivity contribution in [2.75, 3.05) is 18.6 Å². The highest BCUT2D eigenvalue weighted by Gasteiger charge is 2.15. The Bertz CT molecular complexity index is 948. The second kappa shape index (κ2) is 10.0. The lowest BCUT2D eigenvalue weighted by Gasteiger charge is -2.18. The van der Waals surface area contributed by atoms with Gasteiger partial charge in [-0.25, -0.2) is 4.98 Å². The van der Waals surface area contributed by atoms with Crippen LogP contribution in [0, 0.1) is 0 Å². The molecule has 0 saturated heterocycles. The average molecular weight is 395 g/mol. The van der Waals surface area contributed by atoms with Crippen molar-refractivity contribution >= 4 is 33.1 Å². The maximum Gasteiger partial charge on any atom is 0.258 e. The Balaban J connectivity index is 1.60. The molecule has 3 aromatic rings. The minimum absolute atomic E-state index is 0.0497. The van der Waals surface area contributed by atoms with Gasteiger partial charge in [0.1, 0.15) is 5.75 Å². The summed E-state index contributed by atoms with van der Waals surface area (Å²) >= 11 is 1.54. The molecule has 3 rings (SSSR count). The summed E-state index contributed by atoms with van der Waals surface area (Å²) in [6.45, 7) is 2.83. The number of amides is 1. The summed E-state index contributed by atoms with van der Waals surface area (Å²) in [5.41, 5.74) is 4.18. The van der Waals surface area contributed by atoms with Crippen LogP contribution in [-0.2, 0) is 0 Å². The molecule has 0 fully saturated rings. The Morgan fingerprint density at radius 3 is 2.89 bits per heavy atom. The number of unbranched alkanes of at least 4 members (excludes halogenated alkanes) is 2. The first kappa shape index (κ1) is 20.1. The highest BCUT2D eigenvalue weighted by Crippen LogP contribution is 2.24. The number of aromatic nitrogens is 1. The van der Waals surface area contributed by atoms with Crippen LogP contribution in [0.1, 0.15) is 43.0 Å². The fourth-order valence-electron chi connectivity index (χ4n) is 2.88. The Kier molecular flexibility index (Phi) is 7.20. The number of fused-ring (bicyclic) bond motifs is 1. The fourth-order valence-corrected chi connectivity index (χ4v) is 3.60. The lowest BCUT2D eigenvalue weighted by Crippen LogP contribution is -2.26. The first-order chi connectivity index (χ1) is 13.7. The molecule has 5 heteroatoms. The van der Waals surface area contributed by atoms with E-state index >= 15 is 0 Å². The van der Waals surface area contributed by atoms with Crippen LogP contribution in [0.25, 0.3) is 10.2 Å². The van der Waals surface area contributed by atoms with Gasteiger partial charge in [-0.1, -0.05) is 38.0 Å². The summed E-state index contributed by atoms with van der Waals surface area (Å²) in [4.78, 5) is 18.8. The molecule has 0 bridgehead atoms. The van der Waals surface area contributed by atoms with E-state index < -0.39 is 0 Å². The second-order valence-electron chi connectivity index (χ2n) is 6.65. The molecular formula is C23H26N2O2S. The molecule has 0 saturated carbocycles. The number of thiazole rings is 1. The predicted octanol–water partition coefficient (Wildman–Crippen LogP) is 6.09. The van der Waals surface area contributed by atoms with Gasteiger partial charge in [0.05, 0.1) is 22.3 Å². The van der Waals surface area contributed by atoms with E-state index in [4.69, 9.17) is 4.74 Å². The topological polar surface area (TPSA) is 42.4 Å². The number of anilines is 1. The molecule has 146 valence electrons. The summed E-state index contributed by atoms with van der Waals surface area (Å²) in [5.74, 6) is 0.725. The Morgan fingerprint density at radius 1 is 1.18 bits per heavy atom. The van der Waals surface area contributed by atoms with E-state index in [0.717, 1.165) is 34.5 Å². The van der Waals surface area contributed by atoms with E-state index in [1.54, 1.807) is 17.5 Å². The largest absolute Gasteiger partial charge is 0.493 e. The number of rotatable bonds is 9. The fraction of sp³-hybridized carbons (Fsp3) is 0.304. The number of nitrogens with zero attached hydrogens (tertiary/aromatic N) is 2. The zero-order chi connectivity index (χ0) is 19.8. The van der Waals surface area contributed by atoms with Crippen molar-refractivity contribution in [3.05, 3.63) is 65.7 Å². The maximum absolute atomic E-state index is 12.9. The normalized spacial score (nSPS) is 11.2. The van der Waals surface area contributed by atoms with E-state index in [1.165, 1.54) is 24.2 Å². The third kappa shape index (κ3) is 5.20. The molecule has 0 aliphatic rings. The molecule has 0 radical (unpaired) electrons. The van der Waals surface area contributed by atoms with Crippen LogP contribution in [0.15, 0.2) is 60.1 Å². The maximum atomic E-state index is 12.9. The van der Waals surface area contributed by atoms with E-state index in [0.29, 0.717) is 12.2 Å². The van der Waals surface area contributed by atoms with E-state index in [9.17, 15) is 4.79 Å². The van der Waals surface area contributed by atoms with Gasteiger partial charge in [0.25, 0.3) is 5.91 Å². The van der Waals surface area contributed by atoms with Gasteiger partial charge < -0.3 is 9.64 Å². The lowest BCUT2D eigenvalue weighted by molar-refractivity contribution is 0.0993. The van der Waals surface area contributed by atoms with Crippen LogP contribution in [0.4, 0.5) is 5.69 Å². The van der Waals surface area contributed by atoms with Crippen molar-refractivity contribution in [1.29, 1.82) is 0 Å². The van der Waals surface area contributed by atoms with Crippen molar-refractivity contribution in [2.24, 2.45) is 0 Å². The number of benzene rings is 2. The monoisotopic (exact) mass is 394 g/mol. The van der Waals surface area contributed by atoms with Gasteiger partial charge in [-0.15, -0.1) is 11.3 Å². The van der Waals surface area contributed by atoms with Gasteiger partial charge in [-0.2, -0.15) is 0 Å². The van der Waals surface area contributed by atoms with Crippen molar-refractivity contribution in [3.63, 3.8) is 0 Å². The zero-order valence-electron chi connectivity index (χ0n) is 16.4. The van der Waals surface area contributed by atoms with Gasteiger partial charge in [0.15, 0.2) is 0 Å². The molecule has 1 amide bonds. The molecule has 0 N–H and O–H groups in total. The highest BCUT2D eigenvalue weighted by atomic mass is 32.1. The van der Waals surface area contributed by atoms with E-state index in [2.05, 4.69) is 24.1 Å². The third-order valence-electron chi connectivity index (χ3n) is 4.53. The van der Waals surface area contributed by atoms with Crippen LogP contribution in [-0.4, -0.2) is 24.5 Å². The van der Waals surface area contributed by atoms with Gasteiger partial charge >= 0.3 is 0 Å². The molecule has 1 heterocycles. The van der Waals surface area contributed by atoms with Crippen molar-refractivity contribution in [2.45, 2.75) is 32.6 Å². The Hall–Kier alpha value is -2.66. The molecule has 4 nitrogen and oxygen atoms in total. The SMILES string of the molecule is CCCCC=CCCOc1cccc(N(C)C(=O)c2ccc3ncsc3c2)c1. The number of hydrogen-bond acceptors (Lipinski definition) is 4. The molecule has 28 heavy (non-hydrogen) atoms. The summed E-state index contributed by atoms with van der Waals surface area (Å²) in [6, 6.07) is 13.3. The van der Waals surface area contributed by atoms with Crippen LogP contribution in [0.3, 0.4) is 0 Å². The van der Waals surface area contributed by atoms with Crippen LogP contribution >= 0.6 is 11.3 Å². The van der Waals surface area contributed by atoms with Crippen molar-refractivity contribution in [3.8, 4) is 5.75 Å². The molecule has 0 unspecified atom stereocenters. The van der Waals surface area contributed by atoms with E-state index in [1.807, 2.05) is 42.5 Å². The summed E-state index contributed by atoms with van der Waals surface area (Å²) < 4.78 is 6.86. The number of hydrogen-bond donors (Lipinski definition) is 0. The summed E-state index contributed by atoms with van der Waals surface area (Å²) in [6.07, 6.45) is 8.86. The standard InChI is InChI=1S/C23H26N2O2S/c1-3-4-5-6-7-8-14-27-20-11-9-10-19(16-20)25(2)23(26)18-12-13-21-22(15-18)28-17-24-21/h6-7,9-13,15-17H,3-5,8,14H2,1-2H3. The quantitative estimate of drug-likeness (QED) is 0.326. The Morgan fingerprint density at radius 2 is 2.04 bits per heavy atom. The molecular weight excluding hydrogens is 368 g/mol. The van der Waals surface area contributed by atoms with Crippen LogP contribution < -0.4 is 9.64 Å². The lowest BCUT2D eigenvalue weighted by atomic mass is 10.1. The van der Waals surface area contributed by atoms with Gasteiger partial charge in [-0.05, 0) is 43.2 Å². The molecule has 0 aliphatic carbocycles. The van der Waals surface area contributed by atoms with E-state index in [-0.39, 0.29) is 5.91 Å². The number of carbonyl (C=O) groups is 1. The van der Waals surface area contributed by atoms with Crippen molar-refractivity contribution in [1.82, 2.24) is 4.98 Å². The molecule has 2 aromatic carbocycles. The van der Waals surface area contributed by atoms with Gasteiger partial charge in [0.2, 0.25) is 0 Å². The number of ether oxygens (including phenoxy) is 1.